The van der Waals surface area contributed by atoms with Crippen molar-refractivity contribution in [1.82, 2.24) is 30.3 Å². The van der Waals surface area contributed by atoms with E-state index in [0.717, 1.165) is 0 Å². The maximum atomic E-state index is 13.4. The van der Waals surface area contributed by atoms with Gasteiger partial charge < -0.3 is 17.2 Å². The summed E-state index contributed by atoms with van der Waals surface area (Å²) in [5.74, 6) is 0.298. The first kappa shape index (κ1) is 20.3. The molecule has 1 unspecified atom stereocenters. The second-order valence-corrected chi connectivity index (χ2v) is 10.2. The number of nitrogens with zero attached hydrogens (tertiary/aromatic N) is 5. The van der Waals surface area contributed by atoms with Crippen LogP contribution in [0.5, 0.6) is 0 Å². The highest BCUT2D eigenvalue weighted by molar-refractivity contribution is 8.05. The first-order valence-electron chi connectivity index (χ1n) is 8.61. The van der Waals surface area contributed by atoms with Gasteiger partial charge in [0.2, 0.25) is 5.82 Å². The van der Waals surface area contributed by atoms with Crippen molar-refractivity contribution >= 4 is 25.8 Å². The maximum absolute atomic E-state index is 13.4. The van der Waals surface area contributed by atoms with Crippen molar-refractivity contribution in [1.29, 1.82) is 0 Å². The first-order chi connectivity index (χ1) is 14.2. The molecule has 30 heavy (non-hydrogen) atoms. The monoisotopic (exact) mass is 450 g/mol. The van der Waals surface area contributed by atoms with Gasteiger partial charge in [0.1, 0.15) is 10.7 Å². The number of hydrogen-bond acceptors (Lipinski definition) is 10. The molecule has 3 aromatic rings. The number of nitrogen functional groups attached to an aromatic ring is 1. The summed E-state index contributed by atoms with van der Waals surface area (Å²) in [6.45, 7) is 0.133. The number of nitrogens with one attached hydrogen (secondary N) is 2. The van der Waals surface area contributed by atoms with Crippen molar-refractivity contribution < 1.29 is 12.6 Å². The van der Waals surface area contributed by atoms with Crippen LogP contribution in [0, 0.1) is 0 Å². The Morgan fingerprint density at radius 3 is 2.60 bits per heavy atom. The Morgan fingerprint density at radius 1 is 1.17 bits per heavy atom. The Bertz CT molecular complexity index is 1310. The summed E-state index contributed by atoms with van der Waals surface area (Å²) < 4.78 is 45.6. The second-order valence-electron chi connectivity index (χ2n) is 6.44. The molecule has 0 saturated carbocycles. The lowest BCUT2D eigenvalue weighted by molar-refractivity contribution is 0.598. The Kier molecular flexibility index (Phi) is 4.99. The SMILES string of the molecule is NC[C@@H](N)CNS1(=O)=NS(=O)(=O)c2c1ccc(-c1ccc(N)nc1)c2-c1nn[nH]n1. The molecule has 3 heterocycles. The number of pyridine rings is 1. The fourth-order valence-corrected chi connectivity index (χ4v) is 7.53. The molecule has 158 valence electrons. The van der Waals surface area contributed by atoms with Crippen LogP contribution >= 0.6 is 0 Å². The number of rotatable bonds is 6. The van der Waals surface area contributed by atoms with E-state index in [0.29, 0.717) is 16.9 Å². The fraction of sp³-hybridized carbons (Fsp3) is 0.200. The number of hydrogen-bond donors (Lipinski definition) is 5. The zero-order valence-electron chi connectivity index (χ0n) is 15.4. The van der Waals surface area contributed by atoms with Gasteiger partial charge in [0.25, 0.3) is 10.0 Å². The van der Waals surface area contributed by atoms with E-state index in [2.05, 4.69) is 34.1 Å². The minimum atomic E-state index is -4.31. The van der Waals surface area contributed by atoms with Crippen LogP contribution in [0.1, 0.15) is 0 Å². The van der Waals surface area contributed by atoms with Crippen LogP contribution < -0.4 is 21.9 Å². The molecule has 13 nitrogen and oxygen atoms in total. The van der Waals surface area contributed by atoms with Gasteiger partial charge in [0, 0.05) is 30.9 Å². The quantitative estimate of drug-likeness (QED) is 0.302. The van der Waals surface area contributed by atoms with Gasteiger partial charge in [-0.3, -0.25) is 0 Å². The van der Waals surface area contributed by atoms with Gasteiger partial charge in [-0.1, -0.05) is 9.83 Å². The highest BCUT2D eigenvalue weighted by Crippen LogP contribution is 2.43. The molecule has 0 amide bonds. The number of anilines is 1. The van der Waals surface area contributed by atoms with Crippen molar-refractivity contribution in [2.24, 2.45) is 15.2 Å². The van der Waals surface area contributed by atoms with E-state index in [1.807, 2.05) is 0 Å². The lowest BCUT2D eigenvalue weighted by Crippen LogP contribution is -2.41. The molecule has 4 rings (SSSR count). The minimum Gasteiger partial charge on any atom is -0.384 e. The van der Waals surface area contributed by atoms with E-state index in [1.165, 1.54) is 12.3 Å². The second kappa shape index (κ2) is 7.37. The average molecular weight is 451 g/mol. The maximum Gasteiger partial charge on any atom is 0.293 e. The molecule has 0 saturated heterocycles. The normalized spacial score (nSPS) is 20.5. The molecule has 1 aromatic carbocycles. The van der Waals surface area contributed by atoms with Gasteiger partial charge >= 0.3 is 0 Å². The molecule has 2 aromatic heterocycles. The molecular formula is C15H18N10O3S2. The lowest BCUT2D eigenvalue weighted by Gasteiger charge is -2.14. The highest BCUT2D eigenvalue weighted by atomic mass is 32.3. The van der Waals surface area contributed by atoms with E-state index in [-0.39, 0.29) is 34.3 Å². The molecule has 1 aliphatic rings. The third kappa shape index (κ3) is 3.41. The summed E-state index contributed by atoms with van der Waals surface area (Å²) in [5, 5.41) is 13.6. The van der Waals surface area contributed by atoms with Crippen LogP contribution in [0.4, 0.5) is 5.82 Å². The number of tetrazole rings is 1. The van der Waals surface area contributed by atoms with Crippen molar-refractivity contribution in [2.75, 3.05) is 18.8 Å². The molecule has 0 aliphatic carbocycles. The number of fused-ring (bicyclic) bond motifs is 1. The summed E-state index contributed by atoms with van der Waals surface area (Å²) in [7, 11) is -7.83. The van der Waals surface area contributed by atoms with Gasteiger partial charge in [-0.05, 0) is 29.0 Å². The first-order valence-corrected chi connectivity index (χ1v) is 11.6. The molecule has 0 fully saturated rings. The molecule has 2 atom stereocenters. The average Bonchev–Trinajstić information content (AvgIpc) is 3.32. The summed E-state index contributed by atoms with van der Waals surface area (Å²) in [4.78, 5) is 3.76. The number of sulfonamides is 1. The number of aromatic nitrogens is 5. The number of benzene rings is 1. The van der Waals surface area contributed by atoms with Crippen LogP contribution in [-0.4, -0.2) is 57.4 Å². The van der Waals surface area contributed by atoms with E-state index < -0.39 is 26.0 Å². The third-order valence-electron chi connectivity index (χ3n) is 4.39. The van der Waals surface area contributed by atoms with Crippen LogP contribution in [-0.2, 0) is 19.9 Å². The molecule has 0 spiro atoms. The molecule has 1 aliphatic heterocycles. The Balaban J connectivity index is 1.97. The van der Waals surface area contributed by atoms with Gasteiger partial charge in [0.15, 0.2) is 9.92 Å². The molecular weight excluding hydrogens is 432 g/mol. The largest absolute Gasteiger partial charge is 0.384 e. The predicted molar refractivity (Wildman–Crippen MR) is 108 cm³/mol. The van der Waals surface area contributed by atoms with Crippen LogP contribution in [0.15, 0.2) is 44.0 Å². The van der Waals surface area contributed by atoms with E-state index in [4.69, 9.17) is 17.2 Å². The van der Waals surface area contributed by atoms with Crippen molar-refractivity contribution in [2.45, 2.75) is 15.8 Å². The molecule has 8 N–H and O–H groups in total. The lowest BCUT2D eigenvalue weighted by atomic mass is 10.0. The van der Waals surface area contributed by atoms with Crippen LogP contribution in [0.3, 0.4) is 0 Å². The smallest absolute Gasteiger partial charge is 0.293 e. The Hall–Kier alpha value is -2.98. The van der Waals surface area contributed by atoms with Crippen molar-refractivity contribution in [3.8, 4) is 22.5 Å². The van der Waals surface area contributed by atoms with Crippen LogP contribution in [0.25, 0.3) is 22.5 Å². The topological polar surface area (TPSA) is 221 Å². The van der Waals surface area contributed by atoms with Crippen molar-refractivity contribution in [3.63, 3.8) is 0 Å². The number of H-pyrrole nitrogens is 1. The third-order valence-corrected chi connectivity index (χ3v) is 8.58. The van der Waals surface area contributed by atoms with E-state index in [1.54, 1.807) is 18.2 Å². The summed E-state index contributed by atoms with van der Waals surface area (Å²) in [6.07, 6.45) is 1.48. The van der Waals surface area contributed by atoms with Gasteiger partial charge in [0.05, 0.1) is 10.5 Å². The zero-order valence-corrected chi connectivity index (χ0v) is 17.0. The highest BCUT2D eigenvalue weighted by Gasteiger charge is 2.39. The number of nitrogens with two attached hydrogens (primary N) is 3. The van der Waals surface area contributed by atoms with Crippen LogP contribution in [0.2, 0.25) is 0 Å². The van der Waals surface area contributed by atoms with E-state index in [9.17, 15) is 12.6 Å². The molecule has 0 bridgehead atoms. The summed E-state index contributed by atoms with van der Waals surface area (Å²) in [5.41, 5.74) is 18.0. The Morgan fingerprint density at radius 2 is 1.97 bits per heavy atom. The van der Waals surface area contributed by atoms with Gasteiger partial charge in [-0.15, -0.1) is 10.2 Å². The van der Waals surface area contributed by atoms with Gasteiger partial charge in [-0.2, -0.15) is 13.6 Å². The number of aromatic amines is 1. The van der Waals surface area contributed by atoms with E-state index >= 15 is 0 Å². The van der Waals surface area contributed by atoms with Gasteiger partial charge in [-0.25, -0.2) is 13.9 Å². The summed E-state index contributed by atoms with van der Waals surface area (Å²) >= 11 is 0. The molecule has 15 heteroatoms. The fourth-order valence-electron chi connectivity index (χ4n) is 2.96. The molecule has 0 radical (unpaired) electrons. The Labute approximate surface area is 171 Å². The standard InChI is InChI=1S/C15H18N10O3S2/c16-5-9(17)7-20-29(26)11-3-2-10(8-1-4-12(18)19-6-8)13(15-21-23-24-22-15)14(11)30(27,28)25-29/h1-4,6,9H,5,7,16-17H2,(H2,18,19)(H,20,25,26)(H,21,22,23,24)/t9-,29?/m1/s1. The predicted octanol–water partition coefficient (Wildman–Crippen LogP) is -1.17. The zero-order chi connectivity index (χ0) is 21.5. The minimum absolute atomic E-state index is 0.000223. The van der Waals surface area contributed by atoms with Crippen molar-refractivity contribution in [3.05, 3.63) is 30.5 Å². The summed E-state index contributed by atoms with van der Waals surface area (Å²) in [6, 6.07) is 5.74.